The van der Waals surface area contributed by atoms with Gasteiger partial charge < -0.3 is 0 Å². The average molecular weight is 419 g/mol. The lowest BCUT2D eigenvalue weighted by atomic mass is 10.2. The number of fused-ring (bicyclic) bond motifs is 1. The largest absolute Gasteiger partial charge is 0.274 e. The Kier molecular flexibility index (Phi) is 5.71. The molecule has 0 unspecified atom stereocenters. The number of thiazole rings is 1. The van der Waals surface area contributed by atoms with Gasteiger partial charge in [0.05, 0.1) is 25.0 Å². The second kappa shape index (κ2) is 8.03. The average Bonchev–Trinajstić information content (AvgIpc) is 3.04. The molecular formula is C18H17N3O5S2. The molecule has 2 aromatic carbocycles. The molecule has 1 N–H and O–H groups in total. The van der Waals surface area contributed by atoms with E-state index in [0.29, 0.717) is 18.4 Å². The minimum atomic E-state index is -4.18. The van der Waals surface area contributed by atoms with Crippen LogP contribution in [-0.4, -0.2) is 24.2 Å². The number of carbonyl (C=O) groups excluding carboxylic acids is 1. The van der Waals surface area contributed by atoms with Crippen molar-refractivity contribution in [1.29, 1.82) is 0 Å². The number of nitrogens with one attached hydrogen (secondary N) is 1. The van der Waals surface area contributed by atoms with E-state index < -0.39 is 20.9 Å². The van der Waals surface area contributed by atoms with Gasteiger partial charge in [-0.3, -0.25) is 14.9 Å². The molecule has 1 aromatic heterocycles. The number of hydrogen-bond donors (Lipinski definition) is 1. The zero-order valence-electron chi connectivity index (χ0n) is 14.9. The van der Waals surface area contributed by atoms with Crippen molar-refractivity contribution >= 4 is 43.2 Å². The SMILES string of the molecule is Cc1ccc([N+](=O)[O-])cc1S(=O)(=O)NC(=O)CCCc1nc2ccccc2s1. The minimum Gasteiger partial charge on any atom is -0.274 e. The first-order valence-corrected chi connectivity index (χ1v) is 10.7. The highest BCUT2D eigenvalue weighted by Crippen LogP contribution is 2.23. The zero-order chi connectivity index (χ0) is 20.3. The van der Waals surface area contributed by atoms with E-state index in [0.717, 1.165) is 21.3 Å². The number of nitrogens with zero attached hydrogens (tertiary/aromatic N) is 2. The van der Waals surface area contributed by atoms with E-state index in [4.69, 9.17) is 0 Å². The van der Waals surface area contributed by atoms with Crippen LogP contribution in [0.5, 0.6) is 0 Å². The predicted molar refractivity (Wildman–Crippen MR) is 106 cm³/mol. The molecule has 3 aromatic rings. The maximum absolute atomic E-state index is 12.4. The smallest absolute Gasteiger partial charge is 0.270 e. The summed E-state index contributed by atoms with van der Waals surface area (Å²) in [4.78, 5) is 26.5. The standard InChI is InChI=1S/C18H17N3O5S2/c1-12-9-10-13(21(23)24)11-16(12)28(25,26)20-17(22)7-4-8-18-19-14-5-2-3-6-15(14)27-18/h2-3,5-6,9-11H,4,7-8H2,1H3,(H,20,22). The van der Waals surface area contributed by atoms with Crippen molar-refractivity contribution in [2.75, 3.05) is 0 Å². The van der Waals surface area contributed by atoms with Gasteiger partial charge in [0.15, 0.2) is 0 Å². The lowest BCUT2D eigenvalue weighted by Gasteiger charge is -2.09. The Balaban J connectivity index is 1.62. The predicted octanol–water partition coefficient (Wildman–Crippen LogP) is 3.34. The summed E-state index contributed by atoms with van der Waals surface area (Å²) < 4.78 is 27.9. The fourth-order valence-electron chi connectivity index (χ4n) is 2.67. The molecule has 0 aliphatic carbocycles. The summed E-state index contributed by atoms with van der Waals surface area (Å²) in [6.45, 7) is 1.51. The quantitative estimate of drug-likeness (QED) is 0.463. The van der Waals surface area contributed by atoms with E-state index in [-0.39, 0.29) is 17.0 Å². The van der Waals surface area contributed by atoms with Gasteiger partial charge in [0.25, 0.3) is 15.7 Å². The molecule has 3 rings (SSSR count). The zero-order valence-corrected chi connectivity index (χ0v) is 16.5. The summed E-state index contributed by atoms with van der Waals surface area (Å²) in [5.74, 6) is -0.660. The van der Waals surface area contributed by atoms with Gasteiger partial charge in [-0.2, -0.15) is 0 Å². The molecule has 0 aliphatic heterocycles. The van der Waals surface area contributed by atoms with Crippen LogP contribution in [-0.2, 0) is 21.2 Å². The minimum absolute atomic E-state index is 0.00310. The van der Waals surface area contributed by atoms with Gasteiger partial charge in [-0.05, 0) is 37.5 Å². The Morgan fingerprint density at radius 2 is 2.00 bits per heavy atom. The molecule has 0 aliphatic rings. The van der Waals surface area contributed by atoms with E-state index in [1.165, 1.54) is 19.1 Å². The first kappa shape index (κ1) is 19.9. The van der Waals surface area contributed by atoms with Gasteiger partial charge in [-0.25, -0.2) is 18.1 Å². The molecular weight excluding hydrogens is 402 g/mol. The summed E-state index contributed by atoms with van der Waals surface area (Å²) in [7, 11) is -4.18. The number of rotatable bonds is 7. The van der Waals surface area contributed by atoms with Gasteiger partial charge in [-0.15, -0.1) is 11.3 Å². The molecule has 10 heteroatoms. The molecule has 0 bridgehead atoms. The Morgan fingerprint density at radius 3 is 2.71 bits per heavy atom. The number of hydrogen-bond acceptors (Lipinski definition) is 7. The second-order valence-electron chi connectivity index (χ2n) is 6.16. The first-order valence-electron chi connectivity index (χ1n) is 8.41. The van der Waals surface area contributed by atoms with Crippen molar-refractivity contribution < 1.29 is 18.1 Å². The van der Waals surface area contributed by atoms with Crippen LogP contribution in [0.4, 0.5) is 5.69 Å². The van der Waals surface area contributed by atoms with Crippen LogP contribution in [0, 0.1) is 17.0 Å². The number of sulfonamides is 1. The number of nitro benzene ring substituents is 1. The van der Waals surface area contributed by atoms with Crippen molar-refractivity contribution in [1.82, 2.24) is 9.71 Å². The van der Waals surface area contributed by atoms with E-state index in [2.05, 4.69) is 4.98 Å². The molecule has 146 valence electrons. The highest BCUT2D eigenvalue weighted by molar-refractivity contribution is 7.90. The van der Waals surface area contributed by atoms with Gasteiger partial charge in [0, 0.05) is 18.6 Å². The summed E-state index contributed by atoms with van der Waals surface area (Å²) in [5, 5.41) is 11.8. The Hall–Kier alpha value is -2.85. The molecule has 0 saturated heterocycles. The van der Waals surface area contributed by atoms with E-state index in [9.17, 15) is 23.3 Å². The monoisotopic (exact) mass is 419 g/mol. The number of para-hydroxylation sites is 1. The summed E-state index contributed by atoms with van der Waals surface area (Å²) in [5.41, 5.74) is 0.866. The van der Waals surface area contributed by atoms with E-state index >= 15 is 0 Å². The Morgan fingerprint density at radius 1 is 1.25 bits per heavy atom. The van der Waals surface area contributed by atoms with Crippen molar-refractivity contribution in [3.05, 3.63) is 63.1 Å². The van der Waals surface area contributed by atoms with Crippen molar-refractivity contribution in [3.63, 3.8) is 0 Å². The fraction of sp³-hybridized carbons (Fsp3) is 0.222. The molecule has 0 fully saturated rings. The van der Waals surface area contributed by atoms with Gasteiger partial charge in [0.2, 0.25) is 5.91 Å². The lowest BCUT2D eigenvalue weighted by molar-refractivity contribution is -0.385. The highest BCUT2D eigenvalue weighted by Gasteiger charge is 2.22. The van der Waals surface area contributed by atoms with Crippen molar-refractivity contribution in [3.8, 4) is 0 Å². The van der Waals surface area contributed by atoms with Crippen LogP contribution < -0.4 is 4.72 Å². The number of aryl methyl sites for hydroxylation is 2. The maximum Gasteiger partial charge on any atom is 0.270 e. The lowest BCUT2D eigenvalue weighted by Crippen LogP contribution is -2.31. The normalized spacial score (nSPS) is 11.5. The molecule has 1 amide bonds. The van der Waals surface area contributed by atoms with E-state index in [1.807, 2.05) is 29.0 Å². The molecule has 0 spiro atoms. The molecule has 0 radical (unpaired) electrons. The number of aromatic nitrogens is 1. The van der Waals surface area contributed by atoms with Crippen LogP contribution in [0.3, 0.4) is 0 Å². The summed E-state index contributed by atoms with van der Waals surface area (Å²) in [6, 6.07) is 11.2. The van der Waals surface area contributed by atoms with Crippen molar-refractivity contribution in [2.24, 2.45) is 0 Å². The highest BCUT2D eigenvalue weighted by atomic mass is 32.2. The Labute approximate surface area is 165 Å². The van der Waals surface area contributed by atoms with Gasteiger partial charge >= 0.3 is 0 Å². The third kappa shape index (κ3) is 4.52. The van der Waals surface area contributed by atoms with Crippen LogP contribution in [0.2, 0.25) is 0 Å². The number of amides is 1. The number of benzene rings is 2. The third-order valence-corrected chi connectivity index (χ3v) is 6.66. The molecule has 0 atom stereocenters. The summed E-state index contributed by atoms with van der Waals surface area (Å²) >= 11 is 1.54. The van der Waals surface area contributed by atoms with Crippen LogP contribution >= 0.6 is 11.3 Å². The molecule has 0 saturated carbocycles. The van der Waals surface area contributed by atoms with Crippen LogP contribution in [0.25, 0.3) is 10.2 Å². The van der Waals surface area contributed by atoms with Gasteiger partial charge in [-0.1, -0.05) is 18.2 Å². The fourth-order valence-corrected chi connectivity index (χ4v) is 4.96. The molecule has 28 heavy (non-hydrogen) atoms. The van der Waals surface area contributed by atoms with E-state index in [1.54, 1.807) is 11.3 Å². The van der Waals surface area contributed by atoms with Crippen molar-refractivity contribution in [2.45, 2.75) is 31.1 Å². The Bertz CT molecular complexity index is 1120. The maximum atomic E-state index is 12.4. The number of nitro groups is 1. The molecule has 8 nitrogen and oxygen atoms in total. The van der Waals surface area contributed by atoms with Crippen LogP contribution in [0.1, 0.15) is 23.4 Å². The number of non-ortho nitro benzene ring substituents is 1. The molecule has 1 heterocycles. The van der Waals surface area contributed by atoms with Gasteiger partial charge in [0.1, 0.15) is 0 Å². The first-order chi connectivity index (χ1) is 13.3. The third-order valence-electron chi connectivity index (χ3n) is 4.05. The van der Waals surface area contributed by atoms with Crippen LogP contribution in [0.15, 0.2) is 47.4 Å². The summed E-state index contributed by atoms with van der Waals surface area (Å²) in [6.07, 6.45) is 1.00. The second-order valence-corrected chi connectivity index (χ2v) is 8.93. The topological polar surface area (TPSA) is 119 Å². The number of carbonyl (C=O) groups is 1.